The van der Waals surface area contributed by atoms with Gasteiger partial charge >= 0.3 is 0 Å². The average molecular weight is 404 g/mol. The van der Waals surface area contributed by atoms with Crippen molar-refractivity contribution < 1.29 is 4.52 Å². The molecule has 2 aromatic rings. The van der Waals surface area contributed by atoms with Gasteiger partial charge in [-0.05, 0) is 50.2 Å². The third kappa shape index (κ3) is 5.35. The molecule has 1 aliphatic heterocycles. The second-order valence-corrected chi connectivity index (χ2v) is 8.29. The number of guanidine groups is 1. The van der Waals surface area contributed by atoms with Crippen LogP contribution in [-0.4, -0.2) is 42.7 Å². The zero-order chi connectivity index (χ0) is 19.8. The Morgan fingerprint density at radius 2 is 2.07 bits per heavy atom. The average Bonchev–Trinajstić information content (AvgIpc) is 3.49. The lowest BCUT2D eigenvalue weighted by molar-refractivity contribution is 0.249. The number of hydrogen-bond donors (Lipinski definition) is 2. The van der Waals surface area contributed by atoms with Crippen LogP contribution in [0.25, 0.3) is 0 Å². The molecule has 0 amide bonds. The van der Waals surface area contributed by atoms with Crippen molar-refractivity contribution in [3.8, 4) is 0 Å². The minimum absolute atomic E-state index is 0.396. The lowest BCUT2D eigenvalue weighted by atomic mass is 9.99. The normalized spacial score (nSPS) is 16.6. The minimum atomic E-state index is 0.396. The van der Waals surface area contributed by atoms with E-state index in [1.807, 2.05) is 11.3 Å². The Labute approximate surface area is 172 Å². The fraction of sp³-hybridized carbons (Fsp3) is 0.619. The van der Waals surface area contributed by atoms with Crippen molar-refractivity contribution in [2.24, 2.45) is 4.99 Å². The molecule has 2 N–H and O–H groups in total. The molecule has 3 heterocycles. The fourth-order valence-electron chi connectivity index (χ4n) is 3.84. The molecule has 0 radical (unpaired) electrons. The first-order chi connectivity index (χ1) is 13.7. The highest BCUT2D eigenvalue weighted by atomic mass is 32.1. The summed E-state index contributed by atoms with van der Waals surface area (Å²) in [6.45, 7) is 8.16. The Kier molecular flexibility index (Phi) is 7.91. The maximum Gasteiger partial charge on any atom is 0.191 e. The van der Waals surface area contributed by atoms with Crippen molar-refractivity contribution in [1.29, 1.82) is 0 Å². The lowest BCUT2D eigenvalue weighted by Crippen LogP contribution is -2.42. The molecule has 7 heteroatoms. The molecule has 3 rings (SSSR count). The molecular weight excluding hydrogens is 370 g/mol. The first kappa shape index (κ1) is 20.9. The largest absolute Gasteiger partial charge is 0.359 e. The summed E-state index contributed by atoms with van der Waals surface area (Å²) >= 11 is 1.83. The zero-order valence-corrected chi connectivity index (χ0v) is 18.1. The van der Waals surface area contributed by atoms with Gasteiger partial charge < -0.3 is 15.2 Å². The van der Waals surface area contributed by atoms with E-state index < -0.39 is 0 Å². The number of aliphatic imine (C=N–C) groups is 1. The smallest absolute Gasteiger partial charge is 0.191 e. The predicted molar refractivity (Wildman–Crippen MR) is 116 cm³/mol. The maximum atomic E-state index is 5.51. The van der Waals surface area contributed by atoms with Crippen LogP contribution in [0.2, 0.25) is 0 Å². The van der Waals surface area contributed by atoms with Gasteiger partial charge in [-0.3, -0.25) is 9.89 Å². The second kappa shape index (κ2) is 10.6. The predicted octanol–water partition coefficient (Wildman–Crippen LogP) is 4.14. The molecule has 28 heavy (non-hydrogen) atoms. The summed E-state index contributed by atoms with van der Waals surface area (Å²) in [6, 6.07) is 6.83. The van der Waals surface area contributed by atoms with Gasteiger partial charge in [0.2, 0.25) is 0 Å². The van der Waals surface area contributed by atoms with E-state index in [2.05, 4.69) is 63.1 Å². The van der Waals surface area contributed by atoms with Gasteiger partial charge in [-0.25, -0.2) is 0 Å². The van der Waals surface area contributed by atoms with Crippen LogP contribution in [0.3, 0.4) is 0 Å². The molecule has 0 aliphatic carbocycles. The molecule has 0 spiro atoms. The summed E-state index contributed by atoms with van der Waals surface area (Å²) in [4.78, 5) is 8.36. The summed E-state index contributed by atoms with van der Waals surface area (Å²) < 4.78 is 5.51. The summed E-state index contributed by atoms with van der Waals surface area (Å²) in [6.07, 6.45) is 4.75. The van der Waals surface area contributed by atoms with Crippen LogP contribution in [-0.2, 0) is 6.54 Å². The lowest BCUT2D eigenvalue weighted by Gasteiger charge is -2.27. The fourth-order valence-corrected chi connectivity index (χ4v) is 4.70. The molecule has 1 unspecified atom stereocenters. The highest BCUT2D eigenvalue weighted by molar-refractivity contribution is 7.10. The third-order valence-electron chi connectivity index (χ3n) is 5.55. The monoisotopic (exact) mass is 403 g/mol. The Hall–Kier alpha value is -1.86. The van der Waals surface area contributed by atoms with E-state index in [0.29, 0.717) is 18.5 Å². The van der Waals surface area contributed by atoms with Crippen LogP contribution in [0.15, 0.2) is 33.1 Å². The third-order valence-corrected chi connectivity index (χ3v) is 6.52. The Morgan fingerprint density at radius 3 is 2.71 bits per heavy atom. The first-order valence-electron chi connectivity index (χ1n) is 10.4. The van der Waals surface area contributed by atoms with Crippen molar-refractivity contribution in [3.63, 3.8) is 0 Å². The van der Waals surface area contributed by atoms with Crippen LogP contribution in [0.4, 0.5) is 0 Å². The molecule has 154 valence electrons. The molecule has 0 saturated carbocycles. The van der Waals surface area contributed by atoms with E-state index in [-0.39, 0.29) is 0 Å². The molecule has 1 atom stereocenters. The Balaban J connectivity index is 1.54. The van der Waals surface area contributed by atoms with Gasteiger partial charge in [0.25, 0.3) is 0 Å². The molecule has 1 aliphatic rings. The van der Waals surface area contributed by atoms with Gasteiger partial charge in [-0.1, -0.05) is 25.1 Å². The summed E-state index contributed by atoms with van der Waals surface area (Å²) in [5.74, 6) is 2.11. The highest BCUT2D eigenvalue weighted by Gasteiger charge is 2.24. The Morgan fingerprint density at radius 1 is 1.29 bits per heavy atom. The van der Waals surface area contributed by atoms with Crippen molar-refractivity contribution >= 4 is 17.3 Å². The zero-order valence-electron chi connectivity index (χ0n) is 17.3. The molecular formula is C21H33N5OS. The molecule has 0 aromatic carbocycles. The number of nitrogens with one attached hydrogen (secondary N) is 2. The topological polar surface area (TPSA) is 65.7 Å². The number of rotatable bonds is 9. The van der Waals surface area contributed by atoms with Gasteiger partial charge in [0.05, 0.1) is 18.3 Å². The number of thiophene rings is 1. The van der Waals surface area contributed by atoms with Crippen LogP contribution < -0.4 is 10.6 Å². The van der Waals surface area contributed by atoms with Crippen molar-refractivity contribution in [2.75, 3.05) is 26.7 Å². The summed E-state index contributed by atoms with van der Waals surface area (Å²) in [5.41, 5.74) is 1.05. The molecule has 6 nitrogen and oxygen atoms in total. The second-order valence-electron chi connectivity index (χ2n) is 7.31. The minimum Gasteiger partial charge on any atom is -0.359 e. The number of hydrogen-bond acceptors (Lipinski definition) is 5. The highest BCUT2D eigenvalue weighted by Crippen LogP contribution is 2.27. The standard InChI is InChI=1S/C21H33N5OS/c1-4-16(5-2)18-13-17(27-25-18)14-23-21(22-3)24-15-19(20-9-8-12-28-20)26-10-6-7-11-26/h8-9,12-13,16,19H,4-7,10-11,14-15H2,1-3H3,(H2,22,23,24). The van der Waals surface area contributed by atoms with E-state index in [4.69, 9.17) is 4.52 Å². The number of aromatic nitrogens is 1. The van der Waals surface area contributed by atoms with Crippen LogP contribution in [0.1, 0.15) is 67.8 Å². The van der Waals surface area contributed by atoms with E-state index in [1.165, 1.54) is 30.8 Å². The maximum absolute atomic E-state index is 5.51. The van der Waals surface area contributed by atoms with E-state index >= 15 is 0 Å². The summed E-state index contributed by atoms with van der Waals surface area (Å²) in [7, 11) is 1.81. The molecule has 1 fully saturated rings. The first-order valence-corrected chi connectivity index (χ1v) is 11.3. The van der Waals surface area contributed by atoms with Crippen LogP contribution in [0, 0.1) is 0 Å². The van der Waals surface area contributed by atoms with Crippen molar-refractivity contribution in [3.05, 3.63) is 39.9 Å². The van der Waals surface area contributed by atoms with Crippen molar-refractivity contribution in [2.45, 2.75) is 58.0 Å². The quantitative estimate of drug-likeness (QED) is 0.486. The number of likely N-dealkylation sites (tertiary alicyclic amines) is 1. The van der Waals surface area contributed by atoms with Gasteiger partial charge in [-0.2, -0.15) is 0 Å². The molecule has 0 bridgehead atoms. The molecule has 2 aromatic heterocycles. The molecule has 1 saturated heterocycles. The van der Waals surface area contributed by atoms with Crippen molar-refractivity contribution in [1.82, 2.24) is 20.7 Å². The van der Waals surface area contributed by atoms with E-state index in [9.17, 15) is 0 Å². The Bertz CT molecular complexity index is 717. The van der Waals surface area contributed by atoms with Gasteiger partial charge in [0.1, 0.15) is 0 Å². The van der Waals surface area contributed by atoms with E-state index in [1.54, 1.807) is 7.05 Å². The van der Waals surface area contributed by atoms with Crippen LogP contribution >= 0.6 is 11.3 Å². The number of nitrogens with zero attached hydrogens (tertiary/aromatic N) is 3. The van der Waals surface area contributed by atoms with Gasteiger partial charge in [0, 0.05) is 30.5 Å². The van der Waals surface area contributed by atoms with Crippen LogP contribution in [0.5, 0.6) is 0 Å². The van der Waals surface area contributed by atoms with Gasteiger partial charge in [0.15, 0.2) is 11.7 Å². The summed E-state index contributed by atoms with van der Waals surface area (Å²) in [5, 5.41) is 13.3. The van der Waals surface area contributed by atoms with E-state index in [0.717, 1.165) is 36.8 Å². The van der Waals surface area contributed by atoms with Gasteiger partial charge in [-0.15, -0.1) is 11.3 Å². The SMILES string of the molecule is CCC(CC)c1cc(CNC(=NC)NCC(c2cccs2)N2CCCC2)on1.